The van der Waals surface area contributed by atoms with Crippen molar-refractivity contribution in [2.45, 2.75) is 57.0 Å². The van der Waals surface area contributed by atoms with Crippen molar-refractivity contribution >= 4 is 36.6 Å². The maximum atomic E-state index is 13.9. The number of carbonyl (C=O) groups is 1. The van der Waals surface area contributed by atoms with E-state index in [1.165, 1.54) is 17.8 Å². The Hall–Kier alpha value is -3.33. The molecule has 2 aromatic heterocycles. The van der Waals surface area contributed by atoms with Crippen LogP contribution in [0.25, 0.3) is 11.2 Å². The molecule has 2 unspecified atom stereocenters. The molecule has 16 heteroatoms. The standard InChI is InChI=1S/C23H30N7O8P/c1-12(2)36-21(32)13(3)29-39(33,38-14-7-5-4-6-8-14)35-10-23-9-34-16(17(23)31)20(37-23)30-11-26-15-18(24)27-22(25)28-19(15)30/h4-8,11-13,16-17,20,31H,9-10H2,1-3H3,(H,29,33)(H4,24,25,27,28)/t13-,16-,17+,20?,23-,39?/m1/s1. The first kappa shape index (κ1) is 27.2. The lowest BCUT2D eigenvalue weighted by molar-refractivity contribution is -0.183. The third-order valence-electron chi connectivity index (χ3n) is 6.25. The molecule has 210 valence electrons. The van der Waals surface area contributed by atoms with Gasteiger partial charge in [-0.25, -0.2) is 9.55 Å². The van der Waals surface area contributed by atoms with Crippen LogP contribution in [-0.4, -0.2) is 73.8 Å². The number of aliphatic hydroxyl groups excluding tert-OH is 1. The van der Waals surface area contributed by atoms with Gasteiger partial charge in [0.05, 0.1) is 25.6 Å². The van der Waals surface area contributed by atoms with Gasteiger partial charge in [-0.2, -0.15) is 15.1 Å². The molecule has 0 saturated carbocycles. The molecule has 2 saturated heterocycles. The number of nitrogens with zero attached hydrogens (tertiary/aromatic N) is 4. The summed E-state index contributed by atoms with van der Waals surface area (Å²) in [7, 11) is -4.21. The first-order valence-electron chi connectivity index (χ1n) is 12.2. The van der Waals surface area contributed by atoms with E-state index >= 15 is 0 Å². The third kappa shape index (κ3) is 5.29. The molecule has 5 rings (SSSR count). The number of nitrogens with two attached hydrogens (primary N) is 2. The van der Waals surface area contributed by atoms with Crippen molar-refractivity contribution in [1.82, 2.24) is 24.6 Å². The summed E-state index contributed by atoms with van der Waals surface area (Å²) in [6.07, 6.45) is -1.83. The van der Waals surface area contributed by atoms with Gasteiger partial charge in [0.2, 0.25) is 5.95 Å². The van der Waals surface area contributed by atoms with Crippen LogP contribution >= 0.6 is 7.75 Å². The largest absolute Gasteiger partial charge is 0.462 e. The Kier molecular flexibility index (Phi) is 7.22. The van der Waals surface area contributed by atoms with Gasteiger partial charge in [0, 0.05) is 0 Å². The smallest absolute Gasteiger partial charge is 0.459 e. The highest BCUT2D eigenvalue weighted by atomic mass is 31.2. The van der Waals surface area contributed by atoms with Gasteiger partial charge >= 0.3 is 13.7 Å². The van der Waals surface area contributed by atoms with E-state index in [1.54, 1.807) is 44.2 Å². The number of hydrogen-bond acceptors (Lipinski definition) is 13. The highest BCUT2D eigenvalue weighted by Gasteiger charge is 2.63. The normalized spacial score (nSPS) is 26.5. The molecule has 1 aromatic carbocycles. The zero-order valence-corrected chi connectivity index (χ0v) is 22.4. The molecule has 15 nitrogen and oxygen atoms in total. The first-order valence-corrected chi connectivity index (χ1v) is 13.7. The summed E-state index contributed by atoms with van der Waals surface area (Å²) in [4.78, 5) is 24.7. The molecule has 3 aromatic rings. The quantitative estimate of drug-likeness (QED) is 0.202. The van der Waals surface area contributed by atoms with Gasteiger partial charge in [0.25, 0.3) is 0 Å². The SMILES string of the molecule is CC(C)OC(=O)[C@@H](C)NP(=O)(OC[C@@]12CO[C@@H](C(n3cnc4c(N)nc(N)nc43)O1)[C@@H]2O)Oc1ccccc1. The number of anilines is 2. The second-order valence-corrected chi connectivity index (χ2v) is 11.3. The van der Waals surface area contributed by atoms with E-state index in [2.05, 4.69) is 20.0 Å². The van der Waals surface area contributed by atoms with Crippen LogP contribution < -0.4 is 21.1 Å². The summed E-state index contributed by atoms with van der Waals surface area (Å²) in [6.45, 7) is 4.41. The lowest BCUT2D eigenvalue weighted by Gasteiger charge is -2.32. The van der Waals surface area contributed by atoms with E-state index in [4.69, 9.17) is 34.7 Å². The first-order chi connectivity index (χ1) is 18.5. The Morgan fingerprint density at radius 1 is 1.28 bits per heavy atom. The topological polar surface area (TPSA) is 208 Å². The second-order valence-electron chi connectivity index (χ2n) is 9.60. The van der Waals surface area contributed by atoms with Gasteiger partial charge in [-0.15, -0.1) is 0 Å². The average molecular weight is 564 g/mol. The molecule has 0 amide bonds. The van der Waals surface area contributed by atoms with E-state index in [9.17, 15) is 14.5 Å². The van der Waals surface area contributed by atoms with E-state index in [0.29, 0.717) is 11.2 Å². The number of para-hydroxylation sites is 1. The fraction of sp³-hybridized carbons (Fsp3) is 0.478. The second kappa shape index (κ2) is 10.3. The summed E-state index contributed by atoms with van der Waals surface area (Å²) in [6, 6.07) is 7.28. The molecule has 0 aliphatic carbocycles. The highest BCUT2D eigenvalue weighted by molar-refractivity contribution is 7.52. The van der Waals surface area contributed by atoms with Gasteiger partial charge in [-0.3, -0.25) is 13.9 Å². The predicted octanol–water partition coefficient (Wildman–Crippen LogP) is 1.15. The molecule has 6 atom stereocenters. The van der Waals surface area contributed by atoms with Crippen LogP contribution in [0.1, 0.15) is 27.0 Å². The summed E-state index contributed by atoms with van der Waals surface area (Å²) < 4.78 is 44.1. The van der Waals surface area contributed by atoms with Crippen LogP contribution in [0.2, 0.25) is 0 Å². The molecule has 4 heterocycles. The molecular weight excluding hydrogens is 533 g/mol. The van der Waals surface area contributed by atoms with Crippen LogP contribution in [0.15, 0.2) is 36.7 Å². The van der Waals surface area contributed by atoms with E-state index in [0.717, 1.165) is 0 Å². The summed E-state index contributed by atoms with van der Waals surface area (Å²) in [5.74, 6) is -0.368. The Morgan fingerprint density at radius 3 is 2.74 bits per heavy atom. The minimum absolute atomic E-state index is 0.0559. The van der Waals surface area contributed by atoms with Crippen molar-refractivity contribution in [2.75, 3.05) is 24.7 Å². The summed E-state index contributed by atoms with van der Waals surface area (Å²) >= 11 is 0. The van der Waals surface area contributed by atoms with Gasteiger partial charge in [-0.1, -0.05) is 18.2 Å². The molecule has 39 heavy (non-hydrogen) atoms. The number of benzene rings is 1. The number of aromatic nitrogens is 4. The van der Waals surface area contributed by atoms with Crippen LogP contribution in [0.4, 0.5) is 11.8 Å². The monoisotopic (exact) mass is 563 g/mol. The van der Waals surface area contributed by atoms with Crippen molar-refractivity contribution in [2.24, 2.45) is 0 Å². The molecule has 2 aliphatic heterocycles. The van der Waals surface area contributed by atoms with Crippen LogP contribution in [0.3, 0.4) is 0 Å². The number of imidazole rings is 1. The number of aliphatic hydroxyl groups is 1. The Bertz CT molecular complexity index is 1410. The van der Waals surface area contributed by atoms with Crippen molar-refractivity contribution in [3.8, 4) is 5.75 Å². The van der Waals surface area contributed by atoms with Crippen molar-refractivity contribution in [3.05, 3.63) is 36.7 Å². The highest BCUT2D eigenvalue weighted by Crippen LogP contribution is 2.50. The number of ether oxygens (including phenoxy) is 3. The molecule has 2 aliphatic rings. The maximum absolute atomic E-state index is 13.9. The van der Waals surface area contributed by atoms with Crippen LogP contribution in [-0.2, 0) is 28.1 Å². The van der Waals surface area contributed by atoms with Gasteiger partial charge in [0.1, 0.15) is 35.1 Å². The summed E-state index contributed by atoms with van der Waals surface area (Å²) in [5.41, 5.74) is 10.8. The number of carbonyl (C=O) groups excluding carboxylic acids is 1. The van der Waals surface area contributed by atoms with E-state index in [-0.39, 0.29) is 30.2 Å². The minimum atomic E-state index is -4.21. The zero-order chi connectivity index (χ0) is 27.9. The lowest BCUT2D eigenvalue weighted by Crippen LogP contribution is -2.46. The van der Waals surface area contributed by atoms with Crippen molar-refractivity contribution in [3.63, 3.8) is 0 Å². The lowest BCUT2D eigenvalue weighted by atomic mass is 10.0. The van der Waals surface area contributed by atoms with Crippen molar-refractivity contribution < 1.29 is 37.7 Å². The van der Waals surface area contributed by atoms with Crippen molar-refractivity contribution in [1.29, 1.82) is 0 Å². The molecule has 0 radical (unpaired) electrons. The minimum Gasteiger partial charge on any atom is -0.462 e. The fourth-order valence-corrected chi connectivity index (χ4v) is 5.96. The number of esters is 1. The summed E-state index contributed by atoms with van der Waals surface area (Å²) in [5, 5.41) is 13.7. The Morgan fingerprint density at radius 2 is 2.03 bits per heavy atom. The number of nitrogen functional groups attached to an aromatic ring is 2. The van der Waals surface area contributed by atoms with Gasteiger partial charge in [-0.05, 0) is 32.9 Å². The molecule has 6 N–H and O–H groups in total. The zero-order valence-electron chi connectivity index (χ0n) is 21.5. The Balaban J connectivity index is 1.37. The number of fused-ring (bicyclic) bond motifs is 3. The maximum Gasteiger partial charge on any atom is 0.459 e. The van der Waals surface area contributed by atoms with Gasteiger partial charge in [0.15, 0.2) is 17.7 Å². The fourth-order valence-electron chi connectivity index (χ4n) is 4.41. The number of nitrogens with one attached hydrogen (secondary N) is 1. The average Bonchev–Trinajstić information content (AvgIpc) is 3.52. The van der Waals surface area contributed by atoms with Crippen LogP contribution in [0.5, 0.6) is 5.75 Å². The molecular formula is C23H30N7O8P. The van der Waals surface area contributed by atoms with E-state index < -0.39 is 50.4 Å². The van der Waals surface area contributed by atoms with E-state index in [1.807, 2.05) is 0 Å². The Labute approximate surface area is 223 Å². The molecule has 2 bridgehead atoms. The van der Waals surface area contributed by atoms with Gasteiger partial charge < -0.3 is 35.3 Å². The third-order valence-corrected chi connectivity index (χ3v) is 7.88. The predicted molar refractivity (Wildman–Crippen MR) is 137 cm³/mol. The molecule has 2 fully saturated rings. The number of rotatable bonds is 10. The number of hydrogen-bond donors (Lipinski definition) is 4. The molecule has 0 spiro atoms. The van der Waals surface area contributed by atoms with Crippen LogP contribution in [0, 0.1) is 0 Å².